The molecule has 2 nitrogen and oxygen atoms in total. The number of fused-ring (bicyclic) bond motifs is 1. The van der Waals surface area contributed by atoms with Gasteiger partial charge in [0.2, 0.25) is 5.71 Å². The van der Waals surface area contributed by atoms with Crippen LogP contribution in [0.2, 0.25) is 0 Å². The molecule has 2 aromatic carbocycles. The Labute approximate surface area is 160 Å². The van der Waals surface area contributed by atoms with E-state index in [9.17, 15) is 0 Å². The lowest BCUT2D eigenvalue weighted by Gasteiger charge is -2.21. The second-order valence-electron chi connectivity index (χ2n) is 8.30. The minimum Gasteiger partial charge on any atom is -0.438 e. The number of aromatic nitrogens is 1. The van der Waals surface area contributed by atoms with Gasteiger partial charge in [0, 0.05) is 16.5 Å². The van der Waals surface area contributed by atoms with Crippen molar-refractivity contribution in [1.29, 1.82) is 0 Å². The van der Waals surface area contributed by atoms with E-state index in [4.69, 9.17) is 9.40 Å². The van der Waals surface area contributed by atoms with E-state index in [0.29, 0.717) is 5.71 Å². The lowest BCUT2D eigenvalue weighted by atomic mass is 9.83. The highest BCUT2D eigenvalue weighted by molar-refractivity contribution is 5.83. The third kappa shape index (κ3) is 3.28. The standard InChI is InChI=1S/C25H25NO/c1-16-13-20(25(3,4)5)14-17(2)23(16)22-15-19-11-12-21(26-24(19)27-22)18-9-7-6-8-10-18/h6-15H,1-5H3. The second-order valence-corrected chi connectivity index (χ2v) is 8.30. The Hall–Kier alpha value is -2.87. The summed E-state index contributed by atoms with van der Waals surface area (Å²) in [6.45, 7) is 11.1. The van der Waals surface area contributed by atoms with E-state index in [1.54, 1.807) is 0 Å². The number of benzene rings is 2. The first-order valence-electron chi connectivity index (χ1n) is 9.41. The van der Waals surface area contributed by atoms with Gasteiger partial charge in [-0.2, -0.15) is 0 Å². The molecule has 0 unspecified atom stereocenters. The molecule has 0 aliphatic heterocycles. The number of furan rings is 1. The summed E-state index contributed by atoms with van der Waals surface area (Å²) in [5, 5.41) is 1.03. The van der Waals surface area contributed by atoms with Gasteiger partial charge < -0.3 is 4.42 Å². The molecule has 2 heterocycles. The Balaban J connectivity index is 1.81. The zero-order valence-corrected chi connectivity index (χ0v) is 16.6. The van der Waals surface area contributed by atoms with E-state index in [2.05, 4.69) is 77.1 Å². The zero-order chi connectivity index (χ0) is 19.2. The molecule has 0 saturated heterocycles. The normalized spacial score (nSPS) is 11.9. The van der Waals surface area contributed by atoms with Crippen molar-refractivity contribution in [2.24, 2.45) is 0 Å². The summed E-state index contributed by atoms with van der Waals surface area (Å²) in [5.41, 5.74) is 7.84. The quantitative estimate of drug-likeness (QED) is 0.384. The molecule has 0 N–H and O–H groups in total. The Morgan fingerprint density at radius 3 is 2.11 bits per heavy atom. The van der Waals surface area contributed by atoms with Crippen LogP contribution in [0, 0.1) is 13.8 Å². The van der Waals surface area contributed by atoms with Crippen molar-refractivity contribution in [1.82, 2.24) is 4.98 Å². The van der Waals surface area contributed by atoms with E-state index in [0.717, 1.165) is 22.4 Å². The SMILES string of the molecule is Cc1cc(C(C)(C)C)cc(C)c1-c1cc2ccc(-c3ccccc3)nc2o1. The van der Waals surface area contributed by atoms with Crippen molar-refractivity contribution in [3.8, 4) is 22.6 Å². The number of hydrogen-bond acceptors (Lipinski definition) is 2. The van der Waals surface area contributed by atoms with Crippen LogP contribution in [0.5, 0.6) is 0 Å². The van der Waals surface area contributed by atoms with Crippen molar-refractivity contribution in [3.63, 3.8) is 0 Å². The average molecular weight is 355 g/mol. The Morgan fingerprint density at radius 2 is 1.48 bits per heavy atom. The van der Waals surface area contributed by atoms with Crippen LogP contribution in [-0.4, -0.2) is 4.98 Å². The van der Waals surface area contributed by atoms with Gasteiger partial charge in [0.15, 0.2) is 0 Å². The summed E-state index contributed by atoms with van der Waals surface area (Å²) in [7, 11) is 0. The fraction of sp³-hybridized carbons (Fsp3) is 0.240. The van der Waals surface area contributed by atoms with Gasteiger partial charge in [-0.1, -0.05) is 63.2 Å². The maximum Gasteiger partial charge on any atom is 0.227 e. The molecule has 4 rings (SSSR count). The van der Waals surface area contributed by atoms with Gasteiger partial charge >= 0.3 is 0 Å². The molecule has 2 aromatic heterocycles. The lowest BCUT2D eigenvalue weighted by molar-refractivity contribution is 0.588. The Morgan fingerprint density at radius 1 is 0.815 bits per heavy atom. The van der Waals surface area contributed by atoms with Crippen LogP contribution in [0.25, 0.3) is 33.7 Å². The molecular weight excluding hydrogens is 330 g/mol. The minimum atomic E-state index is 0.133. The van der Waals surface area contributed by atoms with Gasteiger partial charge in [-0.15, -0.1) is 0 Å². The van der Waals surface area contributed by atoms with Gasteiger partial charge in [0.05, 0.1) is 5.69 Å². The first kappa shape index (κ1) is 17.5. The third-order valence-corrected chi connectivity index (χ3v) is 5.10. The molecule has 2 heteroatoms. The van der Waals surface area contributed by atoms with Crippen LogP contribution >= 0.6 is 0 Å². The molecular formula is C25H25NO. The van der Waals surface area contributed by atoms with Crippen LogP contribution < -0.4 is 0 Å². The Bertz CT molecular complexity index is 1090. The van der Waals surface area contributed by atoms with Crippen molar-refractivity contribution < 1.29 is 4.42 Å². The molecule has 4 aromatic rings. The molecule has 0 atom stereocenters. The van der Waals surface area contributed by atoms with E-state index in [-0.39, 0.29) is 5.41 Å². The highest BCUT2D eigenvalue weighted by Gasteiger charge is 2.19. The van der Waals surface area contributed by atoms with Crippen molar-refractivity contribution in [2.45, 2.75) is 40.0 Å². The zero-order valence-electron chi connectivity index (χ0n) is 16.6. The van der Waals surface area contributed by atoms with Crippen LogP contribution in [-0.2, 0) is 5.41 Å². The van der Waals surface area contributed by atoms with E-state index in [1.165, 1.54) is 22.3 Å². The number of rotatable bonds is 2. The molecule has 0 aliphatic rings. The molecule has 0 aliphatic carbocycles. The summed E-state index contributed by atoms with van der Waals surface area (Å²) < 4.78 is 6.19. The summed E-state index contributed by atoms with van der Waals surface area (Å²) in [5.74, 6) is 0.887. The van der Waals surface area contributed by atoms with Gasteiger partial charge in [-0.3, -0.25) is 0 Å². The molecule has 27 heavy (non-hydrogen) atoms. The molecule has 0 radical (unpaired) electrons. The number of hydrogen-bond donors (Lipinski definition) is 0. The van der Waals surface area contributed by atoms with Crippen LogP contribution in [0.1, 0.15) is 37.5 Å². The highest BCUT2D eigenvalue weighted by atomic mass is 16.3. The molecule has 136 valence electrons. The highest BCUT2D eigenvalue weighted by Crippen LogP contribution is 2.35. The smallest absolute Gasteiger partial charge is 0.227 e. The van der Waals surface area contributed by atoms with Crippen LogP contribution in [0.4, 0.5) is 0 Å². The summed E-state index contributed by atoms with van der Waals surface area (Å²) in [4.78, 5) is 4.74. The average Bonchev–Trinajstić information content (AvgIpc) is 3.03. The maximum absolute atomic E-state index is 6.19. The first-order valence-corrected chi connectivity index (χ1v) is 9.41. The molecule has 0 bridgehead atoms. The second kappa shape index (κ2) is 6.38. The van der Waals surface area contributed by atoms with Crippen molar-refractivity contribution in [3.05, 3.63) is 77.4 Å². The summed E-state index contributed by atoms with van der Waals surface area (Å²) in [6.07, 6.45) is 0. The fourth-order valence-corrected chi connectivity index (χ4v) is 3.60. The predicted molar refractivity (Wildman–Crippen MR) is 113 cm³/mol. The van der Waals surface area contributed by atoms with E-state index in [1.807, 2.05) is 18.2 Å². The molecule has 0 saturated carbocycles. The Kier molecular flexibility index (Phi) is 4.15. The maximum atomic E-state index is 6.19. The topological polar surface area (TPSA) is 26.0 Å². The molecule has 0 fully saturated rings. The first-order chi connectivity index (χ1) is 12.8. The van der Waals surface area contributed by atoms with Gasteiger partial charge in [0.1, 0.15) is 5.76 Å². The fourth-order valence-electron chi connectivity index (χ4n) is 3.60. The van der Waals surface area contributed by atoms with Gasteiger partial charge in [0.25, 0.3) is 0 Å². The largest absolute Gasteiger partial charge is 0.438 e. The van der Waals surface area contributed by atoms with Crippen molar-refractivity contribution in [2.75, 3.05) is 0 Å². The third-order valence-electron chi connectivity index (χ3n) is 5.10. The predicted octanol–water partition coefficient (Wildman–Crippen LogP) is 7.08. The summed E-state index contributed by atoms with van der Waals surface area (Å²) in [6, 6.07) is 21.0. The van der Waals surface area contributed by atoms with Crippen molar-refractivity contribution >= 4 is 11.1 Å². The number of nitrogens with zero attached hydrogens (tertiary/aromatic N) is 1. The lowest BCUT2D eigenvalue weighted by Crippen LogP contribution is -2.12. The number of aryl methyl sites for hydroxylation is 2. The van der Waals surface area contributed by atoms with E-state index < -0.39 is 0 Å². The van der Waals surface area contributed by atoms with Crippen LogP contribution in [0.3, 0.4) is 0 Å². The minimum absolute atomic E-state index is 0.133. The molecule has 0 spiro atoms. The number of pyridine rings is 1. The van der Waals surface area contributed by atoms with Crippen LogP contribution in [0.15, 0.2) is 65.1 Å². The van der Waals surface area contributed by atoms with E-state index >= 15 is 0 Å². The monoisotopic (exact) mass is 355 g/mol. The summed E-state index contributed by atoms with van der Waals surface area (Å²) >= 11 is 0. The van der Waals surface area contributed by atoms with Gasteiger partial charge in [-0.05, 0) is 54.2 Å². The van der Waals surface area contributed by atoms with Gasteiger partial charge in [-0.25, -0.2) is 4.98 Å². The molecule has 0 amide bonds.